The first kappa shape index (κ1) is 35.5. The minimum absolute atomic E-state index is 0. The molecule has 206 valence electrons. The van der Waals surface area contributed by atoms with Gasteiger partial charge < -0.3 is 24.8 Å². The Kier molecular flexibility index (Phi) is 13.6. The third-order valence-electron chi connectivity index (χ3n) is 6.50. The average Bonchev–Trinajstić information content (AvgIpc) is 3.41. The van der Waals surface area contributed by atoms with E-state index in [1.807, 2.05) is 6.07 Å². The Morgan fingerprint density at radius 1 is 0.821 bits per heavy atom. The molecule has 3 aromatic rings. The molecule has 39 heavy (non-hydrogen) atoms. The van der Waals surface area contributed by atoms with Gasteiger partial charge in [-0.15, -0.1) is 16.7 Å². The summed E-state index contributed by atoms with van der Waals surface area (Å²) in [5.41, 5.74) is 11.3. The number of fused-ring (bicyclic) bond motifs is 3. The largest absolute Gasteiger partial charge is 1.00 e. The molecule has 3 heteroatoms. The van der Waals surface area contributed by atoms with Gasteiger partial charge in [0.1, 0.15) is 0 Å². The van der Waals surface area contributed by atoms with Gasteiger partial charge in [0, 0.05) is 0 Å². The van der Waals surface area contributed by atoms with Crippen molar-refractivity contribution in [2.45, 2.75) is 79.6 Å². The van der Waals surface area contributed by atoms with Crippen LogP contribution in [0.3, 0.4) is 0 Å². The van der Waals surface area contributed by atoms with Crippen molar-refractivity contribution in [3.8, 4) is 11.1 Å². The first-order chi connectivity index (χ1) is 17.3. The first-order valence-electron chi connectivity index (χ1n) is 13.3. The Morgan fingerprint density at radius 2 is 1.41 bits per heavy atom. The Labute approximate surface area is 265 Å². The van der Waals surface area contributed by atoms with Gasteiger partial charge in [-0.3, -0.25) is 6.08 Å². The molecular formula is C36H42Cl2Zr-2. The topological polar surface area (TPSA) is 0 Å². The molecule has 2 aliphatic rings. The van der Waals surface area contributed by atoms with Gasteiger partial charge in [-0.25, -0.2) is 6.08 Å². The standard InChI is InChI=1S/C21H25.C12H11.C3H6.2ClH.Zr/c1-20(2,3)16-7-9-18-14(12-16)11-15-13-17(21(4,5)6)8-10-19(15)18;1-10-7-8-12(9-10)11-5-3-2-4-6-11;1-3-2;;;/h7-10,12H,11H2,1-6H3;2-6,8-10H,1H3;1-2H3;2*1H;/q2*-1;;;;+2/p-2. The molecule has 0 saturated carbocycles. The molecule has 0 amide bonds. The summed E-state index contributed by atoms with van der Waals surface area (Å²) < 4.78 is 1.51. The zero-order valence-electron chi connectivity index (χ0n) is 25.0. The second kappa shape index (κ2) is 14.9. The molecule has 0 radical (unpaired) electrons. The molecule has 0 N–H and O–H groups in total. The van der Waals surface area contributed by atoms with Gasteiger partial charge in [-0.05, 0) is 28.4 Å². The quantitative estimate of drug-likeness (QED) is 0.281. The van der Waals surface area contributed by atoms with Crippen molar-refractivity contribution in [2.75, 3.05) is 0 Å². The van der Waals surface area contributed by atoms with Crippen molar-refractivity contribution >= 4 is 8.78 Å². The van der Waals surface area contributed by atoms with Crippen LogP contribution in [0.15, 0.2) is 72.8 Å². The van der Waals surface area contributed by atoms with Crippen LogP contribution >= 0.6 is 0 Å². The molecule has 5 rings (SSSR count). The molecular weight excluding hydrogens is 595 g/mol. The fourth-order valence-corrected chi connectivity index (χ4v) is 4.42. The van der Waals surface area contributed by atoms with Crippen molar-refractivity contribution in [2.24, 2.45) is 5.92 Å². The maximum absolute atomic E-state index is 3.67. The monoisotopic (exact) mass is 634 g/mol. The Balaban J connectivity index is 0.000000360. The van der Waals surface area contributed by atoms with Crippen LogP contribution in [0.25, 0.3) is 16.7 Å². The van der Waals surface area contributed by atoms with E-state index in [1.54, 1.807) is 24.2 Å². The van der Waals surface area contributed by atoms with Crippen LogP contribution in [-0.4, -0.2) is 3.21 Å². The summed E-state index contributed by atoms with van der Waals surface area (Å²) in [4.78, 5) is 0. The molecule has 3 aromatic carbocycles. The Bertz CT molecular complexity index is 1240. The first-order valence-corrected chi connectivity index (χ1v) is 14.6. The molecule has 0 fully saturated rings. The van der Waals surface area contributed by atoms with Crippen LogP contribution < -0.4 is 24.8 Å². The fraction of sp³-hybridized carbons (Fsp3) is 0.361. The van der Waals surface area contributed by atoms with Gasteiger partial charge in [-0.2, -0.15) is 35.4 Å². The average molecular weight is 637 g/mol. The van der Waals surface area contributed by atoms with Crippen molar-refractivity contribution in [1.82, 2.24) is 0 Å². The molecule has 2 aliphatic carbocycles. The zero-order valence-corrected chi connectivity index (χ0v) is 28.9. The summed E-state index contributed by atoms with van der Waals surface area (Å²) in [6.45, 7) is 20.0. The summed E-state index contributed by atoms with van der Waals surface area (Å²) in [6, 6.07) is 25.6. The summed E-state index contributed by atoms with van der Waals surface area (Å²) in [7, 11) is 0. The van der Waals surface area contributed by atoms with Gasteiger partial charge in [-0.1, -0.05) is 108 Å². The number of allylic oxidation sites excluding steroid dienone is 4. The molecule has 0 nitrogen and oxygen atoms in total. The number of hydrogen-bond acceptors (Lipinski definition) is 0. The van der Waals surface area contributed by atoms with Crippen molar-refractivity contribution in [3.05, 3.63) is 113 Å². The van der Waals surface area contributed by atoms with Crippen LogP contribution in [0.5, 0.6) is 0 Å². The molecule has 0 heterocycles. The molecule has 1 unspecified atom stereocenters. The molecule has 0 aromatic heterocycles. The minimum Gasteiger partial charge on any atom is -1.00 e. The number of halogens is 2. The number of hydrogen-bond donors (Lipinski definition) is 0. The predicted molar refractivity (Wildman–Crippen MR) is 159 cm³/mol. The van der Waals surface area contributed by atoms with E-state index in [2.05, 4.69) is 141 Å². The van der Waals surface area contributed by atoms with Crippen LogP contribution in [0.4, 0.5) is 0 Å². The normalized spacial score (nSPS) is 14.7. The van der Waals surface area contributed by atoms with Gasteiger partial charge in [0.15, 0.2) is 0 Å². The van der Waals surface area contributed by atoms with Crippen molar-refractivity contribution in [1.29, 1.82) is 0 Å². The van der Waals surface area contributed by atoms with E-state index in [-0.39, 0.29) is 35.6 Å². The minimum atomic E-state index is 0. The number of rotatable bonds is 1. The molecule has 1 atom stereocenters. The molecule has 0 spiro atoms. The smallest absolute Gasteiger partial charge is 1.00 e. The SMILES string of the molecule is CC(C)(C)c1[c-]c2c(cc1)-c1ccc(C(C)(C)C)cc1C2.CC1[C-]=CC(c2ccccc2)=C1.C[C](C)=[Zr+2].[Cl-].[Cl-]. The second-order valence-electron chi connectivity index (χ2n) is 12.4. The molecule has 0 aliphatic heterocycles. The Hall–Kier alpha value is -1.53. The maximum atomic E-state index is 3.67. The molecule has 0 bridgehead atoms. The summed E-state index contributed by atoms with van der Waals surface area (Å²) in [5, 5.41) is 0. The van der Waals surface area contributed by atoms with E-state index in [9.17, 15) is 0 Å². The zero-order chi connectivity index (χ0) is 27.4. The van der Waals surface area contributed by atoms with Crippen LogP contribution in [0.1, 0.15) is 90.1 Å². The second-order valence-corrected chi connectivity index (χ2v) is 14.9. The predicted octanol–water partition coefficient (Wildman–Crippen LogP) is 3.49. The Morgan fingerprint density at radius 3 is 1.92 bits per heavy atom. The van der Waals surface area contributed by atoms with Crippen LogP contribution in [-0.2, 0) is 41.5 Å². The third-order valence-corrected chi connectivity index (χ3v) is 6.50. The van der Waals surface area contributed by atoms with Crippen LogP contribution in [0, 0.1) is 18.1 Å². The van der Waals surface area contributed by atoms with E-state index in [4.69, 9.17) is 0 Å². The third kappa shape index (κ3) is 10.1. The summed E-state index contributed by atoms with van der Waals surface area (Å²) >= 11 is 1.55. The van der Waals surface area contributed by atoms with Gasteiger partial charge in [0.2, 0.25) is 0 Å². The molecule has 0 saturated heterocycles. The van der Waals surface area contributed by atoms with E-state index in [0.29, 0.717) is 5.92 Å². The van der Waals surface area contributed by atoms with E-state index in [1.165, 1.54) is 47.7 Å². The van der Waals surface area contributed by atoms with E-state index < -0.39 is 0 Å². The van der Waals surface area contributed by atoms with Gasteiger partial charge in [0.05, 0.1) is 0 Å². The van der Waals surface area contributed by atoms with Crippen molar-refractivity contribution < 1.29 is 49.0 Å². The maximum Gasteiger partial charge on any atom is -1.00 e. The number of benzene rings is 3. The van der Waals surface area contributed by atoms with Gasteiger partial charge >= 0.3 is 41.3 Å². The fourth-order valence-electron chi connectivity index (χ4n) is 4.42. The van der Waals surface area contributed by atoms with Crippen molar-refractivity contribution in [3.63, 3.8) is 0 Å². The van der Waals surface area contributed by atoms with Gasteiger partial charge in [0.25, 0.3) is 0 Å². The summed E-state index contributed by atoms with van der Waals surface area (Å²) in [5.74, 6) is 0.472. The summed E-state index contributed by atoms with van der Waals surface area (Å²) in [6.07, 6.45) is 8.58. The van der Waals surface area contributed by atoms with E-state index in [0.717, 1.165) is 6.42 Å². The van der Waals surface area contributed by atoms with E-state index >= 15 is 0 Å². The van der Waals surface area contributed by atoms with Crippen LogP contribution in [0.2, 0.25) is 0 Å².